The summed E-state index contributed by atoms with van der Waals surface area (Å²) in [6.07, 6.45) is 3.10. The van der Waals surface area contributed by atoms with Crippen LogP contribution in [0.4, 0.5) is 4.79 Å². The van der Waals surface area contributed by atoms with Crippen molar-refractivity contribution < 1.29 is 23.7 Å². The summed E-state index contributed by atoms with van der Waals surface area (Å²) >= 11 is 0. The minimum Gasteiger partial charge on any atom is -0.496 e. The van der Waals surface area contributed by atoms with Gasteiger partial charge in [-0.2, -0.15) is 0 Å². The fraction of sp³-hybridized carbons (Fsp3) is 0.500. The molecule has 3 heterocycles. The minimum absolute atomic E-state index is 0.0671. The average Bonchev–Trinajstić information content (AvgIpc) is 3.23. The Hall–Kier alpha value is -2.93. The van der Waals surface area contributed by atoms with E-state index >= 15 is 0 Å². The molecule has 1 amide bonds. The predicted octanol–water partition coefficient (Wildman–Crippen LogP) is 4.13. The number of rotatable bonds is 7. The Morgan fingerprint density at radius 3 is 2.55 bits per heavy atom. The number of methoxy groups -OCH3 is 1. The fourth-order valence-corrected chi connectivity index (χ4v) is 5.12. The largest absolute Gasteiger partial charge is 0.496 e. The van der Waals surface area contributed by atoms with Crippen molar-refractivity contribution in [3.8, 4) is 17.2 Å². The lowest BCUT2D eigenvalue weighted by Gasteiger charge is -2.36. The van der Waals surface area contributed by atoms with Gasteiger partial charge in [-0.05, 0) is 56.5 Å². The molecule has 7 heteroatoms. The number of benzene rings is 2. The third-order valence-electron chi connectivity index (χ3n) is 6.99. The zero-order valence-corrected chi connectivity index (χ0v) is 19.2. The summed E-state index contributed by atoms with van der Waals surface area (Å²) in [6.45, 7) is 4.67. The van der Waals surface area contributed by atoms with Crippen LogP contribution in [0.1, 0.15) is 30.9 Å². The molecule has 33 heavy (non-hydrogen) atoms. The molecule has 176 valence electrons. The van der Waals surface area contributed by atoms with Crippen molar-refractivity contribution in [3.63, 3.8) is 0 Å². The van der Waals surface area contributed by atoms with Gasteiger partial charge in [0.2, 0.25) is 0 Å². The van der Waals surface area contributed by atoms with Gasteiger partial charge in [-0.15, -0.1) is 0 Å². The number of likely N-dealkylation sites (tertiary alicyclic amines) is 1. The molecule has 0 spiro atoms. The number of fused-ring (bicyclic) bond motifs is 1. The van der Waals surface area contributed by atoms with Gasteiger partial charge in [-0.3, -0.25) is 9.80 Å². The Balaban J connectivity index is 1.10. The summed E-state index contributed by atoms with van der Waals surface area (Å²) in [5.74, 6) is 3.08. The van der Waals surface area contributed by atoms with Gasteiger partial charge >= 0.3 is 6.09 Å². The summed E-state index contributed by atoms with van der Waals surface area (Å²) < 4.78 is 22.9. The molecule has 2 unspecified atom stereocenters. The number of ether oxygens (including phenoxy) is 4. The summed E-state index contributed by atoms with van der Waals surface area (Å²) in [5.41, 5.74) is 1.01. The quantitative estimate of drug-likeness (QED) is 0.630. The first-order chi connectivity index (χ1) is 16.2. The van der Waals surface area contributed by atoms with Crippen LogP contribution in [0, 0.1) is 5.92 Å². The summed E-state index contributed by atoms with van der Waals surface area (Å²) in [6, 6.07) is 15.7. The third kappa shape index (κ3) is 4.88. The van der Waals surface area contributed by atoms with E-state index in [0.717, 1.165) is 61.7 Å². The van der Waals surface area contributed by atoms with Gasteiger partial charge in [0.25, 0.3) is 0 Å². The highest BCUT2D eigenvalue weighted by Crippen LogP contribution is 2.35. The first-order valence-corrected chi connectivity index (χ1v) is 11.9. The van der Waals surface area contributed by atoms with Crippen molar-refractivity contribution in [2.24, 2.45) is 5.92 Å². The third-order valence-corrected chi connectivity index (χ3v) is 6.99. The van der Waals surface area contributed by atoms with Crippen LogP contribution in [-0.2, 0) is 4.74 Å². The Kier molecular flexibility index (Phi) is 6.58. The molecule has 0 aromatic heterocycles. The zero-order valence-electron chi connectivity index (χ0n) is 19.2. The molecule has 0 saturated carbocycles. The lowest BCUT2D eigenvalue weighted by atomic mass is 9.92. The Morgan fingerprint density at radius 2 is 1.73 bits per heavy atom. The number of cyclic esters (lactones) is 1. The van der Waals surface area contributed by atoms with Gasteiger partial charge in [0.1, 0.15) is 25.1 Å². The maximum Gasteiger partial charge on any atom is 0.410 e. The van der Waals surface area contributed by atoms with Crippen LogP contribution in [0.2, 0.25) is 0 Å². The maximum atomic E-state index is 12.4. The molecular weight excluding hydrogens is 420 g/mol. The first-order valence-electron chi connectivity index (χ1n) is 11.9. The van der Waals surface area contributed by atoms with Gasteiger partial charge in [-0.25, -0.2) is 4.79 Å². The molecular formula is C26H32N2O5. The van der Waals surface area contributed by atoms with Gasteiger partial charge in [-0.1, -0.05) is 30.3 Å². The zero-order chi connectivity index (χ0) is 22.6. The number of carbonyl (C=O) groups excluding carboxylic acids is 1. The number of piperidine rings is 1. The molecule has 5 rings (SSSR count). The van der Waals surface area contributed by atoms with Crippen LogP contribution >= 0.6 is 0 Å². The molecule has 2 aromatic rings. The van der Waals surface area contributed by atoms with Crippen LogP contribution in [0.5, 0.6) is 17.2 Å². The molecule has 2 saturated heterocycles. The highest BCUT2D eigenvalue weighted by atomic mass is 16.6. The van der Waals surface area contributed by atoms with Crippen molar-refractivity contribution in [2.45, 2.75) is 31.4 Å². The van der Waals surface area contributed by atoms with Crippen molar-refractivity contribution in [1.29, 1.82) is 0 Å². The van der Waals surface area contributed by atoms with Gasteiger partial charge in [0.15, 0.2) is 11.5 Å². The molecule has 3 aliphatic heterocycles. The number of hydrogen-bond acceptors (Lipinski definition) is 6. The molecule has 2 aromatic carbocycles. The minimum atomic E-state index is -0.224. The molecule has 3 aliphatic rings. The molecule has 0 bridgehead atoms. The number of hydrogen-bond donors (Lipinski definition) is 0. The molecule has 0 radical (unpaired) electrons. The van der Waals surface area contributed by atoms with Crippen molar-refractivity contribution in [1.82, 2.24) is 9.80 Å². The second kappa shape index (κ2) is 9.91. The number of para-hydroxylation sites is 3. The topological polar surface area (TPSA) is 60.5 Å². The van der Waals surface area contributed by atoms with Crippen molar-refractivity contribution in [3.05, 3.63) is 54.1 Å². The Morgan fingerprint density at radius 1 is 0.970 bits per heavy atom. The molecule has 2 atom stereocenters. The van der Waals surface area contributed by atoms with Crippen LogP contribution in [-0.4, -0.2) is 68.5 Å². The van der Waals surface area contributed by atoms with E-state index in [9.17, 15) is 4.79 Å². The monoisotopic (exact) mass is 452 g/mol. The van der Waals surface area contributed by atoms with E-state index in [-0.39, 0.29) is 18.2 Å². The first kappa shape index (κ1) is 21.9. The molecule has 0 N–H and O–H groups in total. The Labute approximate surface area is 195 Å². The second-order valence-corrected chi connectivity index (χ2v) is 9.06. The average molecular weight is 453 g/mol. The van der Waals surface area contributed by atoms with Crippen molar-refractivity contribution >= 4 is 6.09 Å². The van der Waals surface area contributed by atoms with Crippen LogP contribution in [0.25, 0.3) is 0 Å². The van der Waals surface area contributed by atoms with E-state index in [1.165, 1.54) is 0 Å². The van der Waals surface area contributed by atoms with Crippen LogP contribution in [0.15, 0.2) is 48.5 Å². The van der Waals surface area contributed by atoms with E-state index in [0.29, 0.717) is 25.7 Å². The second-order valence-electron chi connectivity index (χ2n) is 9.06. The van der Waals surface area contributed by atoms with Gasteiger partial charge in [0, 0.05) is 18.7 Å². The van der Waals surface area contributed by atoms with E-state index < -0.39 is 0 Å². The smallest absolute Gasteiger partial charge is 0.410 e. The number of carbonyl (C=O) groups is 1. The SMILES string of the molecule is COc1ccccc1C1COC(=O)N1CCC1CCN(CC2COc3ccccc3O2)CC1. The molecule has 2 fully saturated rings. The van der Waals surface area contributed by atoms with E-state index in [4.69, 9.17) is 18.9 Å². The summed E-state index contributed by atoms with van der Waals surface area (Å²) in [7, 11) is 1.66. The highest BCUT2D eigenvalue weighted by molar-refractivity contribution is 5.71. The van der Waals surface area contributed by atoms with E-state index in [2.05, 4.69) is 4.90 Å². The van der Waals surface area contributed by atoms with E-state index in [1.54, 1.807) is 7.11 Å². The lowest BCUT2D eigenvalue weighted by Crippen LogP contribution is -2.44. The van der Waals surface area contributed by atoms with Crippen LogP contribution in [0.3, 0.4) is 0 Å². The number of nitrogens with zero attached hydrogens (tertiary/aromatic N) is 2. The van der Waals surface area contributed by atoms with Gasteiger partial charge < -0.3 is 18.9 Å². The standard InChI is InChI=1S/C26H32N2O5/c1-30-23-7-3-2-6-21(23)22-18-32-26(29)28(22)15-12-19-10-13-27(14-11-19)16-20-17-31-24-8-4-5-9-25(24)33-20/h2-9,19-20,22H,10-18H2,1H3. The molecule has 0 aliphatic carbocycles. The fourth-order valence-electron chi connectivity index (χ4n) is 5.12. The molecule has 7 nitrogen and oxygen atoms in total. The number of amides is 1. The lowest BCUT2D eigenvalue weighted by molar-refractivity contribution is 0.0466. The normalized spacial score (nSPS) is 23.4. The van der Waals surface area contributed by atoms with Crippen molar-refractivity contribution in [2.75, 3.05) is 46.5 Å². The predicted molar refractivity (Wildman–Crippen MR) is 124 cm³/mol. The maximum absolute atomic E-state index is 12.4. The highest BCUT2D eigenvalue weighted by Gasteiger charge is 2.36. The van der Waals surface area contributed by atoms with Crippen LogP contribution < -0.4 is 14.2 Å². The summed E-state index contributed by atoms with van der Waals surface area (Å²) in [4.78, 5) is 16.8. The Bertz CT molecular complexity index is 959. The summed E-state index contributed by atoms with van der Waals surface area (Å²) in [5, 5.41) is 0. The van der Waals surface area contributed by atoms with E-state index in [1.807, 2.05) is 53.4 Å². The van der Waals surface area contributed by atoms with Gasteiger partial charge in [0.05, 0.1) is 13.2 Å².